The summed E-state index contributed by atoms with van der Waals surface area (Å²) in [5.41, 5.74) is 1.26. The molecule has 0 aromatic heterocycles. The van der Waals surface area contributed by atoms with Gasteiger partial charge in [-0.25, -0.2) is 0 Å². The van der Waals surface area contributed by atoms with E-state index in [-0.39, 0.29) is 6.10 Å². The molecule has 1 fully saturated rings. The molecule has 1 aliphatic heterocycles. The van der Waals surface area contributed by atoms with E-state index in [1.165, 1.54) is 18.7 Å². The highest BCUT2D eigenvalue weighted by molar-refractivity contribution is 5.48. The zero-order chi connectivity index (χ0) is 13.0. The molecule has 0 amide bonds. The second kappa shape index (κ2) is 6.10. The van der Waals surface area contributed by atoms with E-state index in [4.69, 9.17) is 4.74 Å². The van der Waals surface area contributed by atoms with Gasteiger partial charge < -0.3 is 15.0 Å². The van der Waals surface area contributed by atoms with Crippen LogP contribution < -0.4 is 15.0 Å². The van der Waals surface area contributed by atoms with Crippen LogP contribution in [0.3, 0.4) is 0 Å². The van der Waals surface area contributed by atoms with Crippen LogP contribution in [0.25, 0.3) is 0 Å². The van der Waals surface area contributed by atoms with Crippen LogP contribution in [0.4, 0.5) is 5.69 Å². The van der Waals surface area contributed by atoms with Crippen molar-refractivity contribution in [3.63, 3.8) is 0 Å². The normalized spacial score (nSPS) is 19.2. The van der Waals surface area contributed by atoms with Gasteiger partial charge in [0.1, 0.15) is 5.75 Å². The molecule has 1 atom stereocenters. The van der Waals surface area contributed by atoms with Crippen LogP contribution in [0.15, 0.2) is 24.3 Å². The fourth-order valence-corrected chi connectivity index (χ4v) is 2.41. The average Bonchev–Trinajstić information content (AvgIpc) is 2.82. The number of hydrogen-bond acceptors (Lipinski definition) is 3. The maximum absolute atomic E-state index is 5.65. The summed E-state index contributed by atoms with van der Waals surface area (Å²) in [4.78, 5) is 2.33. The van der Waals surface area contributed by atoms with Crippen LogP contribution >= 0.6 is 0 Å². The van der Waals surface area contributed by atoms with Gasteiger partial charge in [-0.15, -0.1) is 0 Å². The molecule has 1 aliphatic rings. The summed E-state index contributed by atoms with van der Waals surface area (Å²) in [6.45, 7) is 7.54. The van der Waals surface area contributed by atoms with E-state index in [1.54, 1.807) is 0 Å². The number of benzene rings is 1. The predicted molar refractivity (Wildman–Crippen MR) is 76.5 cm³/mol. The molecule has 0 bridgehead atoms. The number of hydrogen-bond donors (Lipinski definition) is 1. The molecule has 0 aliphatic carbocycles. The molecule has 3 nitrogen and oxygen atoms in total. The third kappa shape index (κ3) is 3.64. The van der Waals surface area contributed by atoms with Crippen LogP contribution in [-0.4, -0.2) is 32.8 Å². The Balaban J connectivity index is 1.91. The first-order valence-electron chi connectivity index (χ1n) is 6.83. The van der Waals surface area contributed by atoms with Gasteiger partial charge in [-0.3, -0.25) is 0 Å². The van der Waals surface area contributed by atoms with Crippen molar-refractivity contribution in [3.8, 4) is 5.75 Å². The molecule has 1 heterocycles. The molecule has 0 radical (unpaired) electrons. The van der Waals surface area contributed by atoms with Gasteiger partial charge >= 0.3 is 0 Å². The smallest absolute Gasteiger partial charge is 0.119 e. The number of anilines is 1. The van der Waals surface area contributed by atoms with Gasteiger partial charge in [-0.2, -0.15) is 0 Å². The van der Waals surface area contributed by atoms with E-state index in [0.29, 0.717) is 0 Å². The Morgan fingerprint density at radius 2 is 2.06 bits per heavy atom. The second-order valence-electron chi connectivity index (χ2n) is 5.40. The van der Waals surface area contributed by atoms with E-state index in [9.17, 15) is 0 Å². The van der Waals surface area contributed by atoms with Crippen molar-refractivity contribution in [2.24, 2.45) is 5.92 Å². The van der Waals surface area contributed by atoms with Gasteiger partial charge in [-0.05, 0) is 63.5 Å². The van der Waals surface area contributed by atoms with Gasteiger partial charge in [0.25, 0.3) is 0 Å². The SMILES string of the molecule is CC(C)Oc1ccc(N(C)CC2CCNC2)cc1. The van der Waals surface area contributed by atoms with E-state index in [2.05, 4.69) is 41.5 Å². The number of nitrogens with one attached hydrogen (secondary N) is 1. The Morgan fingerprint density at radius 1 is 1.33 bits per heavy atom. The van der Waals surface area contributed by atoms with Gasteiger partial charge in [0.05, 0.1) is 6.10 Å². The fourth-order valence-electron chi connectivity index (χ4n) is 2.41. The van der Waals surface area contributed by atoms with E-state index >= 15 is 0 Å². The maximum Gasteiger partial charge on any atom is 0.119 e. The lowest BCUT2D eigenvalue weighted by atomic mass is 10.1. The molecule has 1 saturated heterocycles. The molecule has 1 N–H and O–H groups in total. The lowest BCUT2D eigenvalue weighted by Crippen LogP contribution is -2.26. The molecule has 3 heteroatoms. The summed E-state index contributed by atoms with van der Waals surface area (Å²) in [7, 11) is 2.16. The Labute approximate surface area is 110 Å². The summed E-state index contributed by atoms with van der Waals surface area (Å²) in [5, 5.41) is 3.41. The second-order valence-corrected chi connectivity index (χ2v) is 5.40. The standard InChI is InChI=1S/C15H24N2O/c1-12(2)18-15-6-4-14(5-7-15)17(3)11-13-8-9-16-10-13/h4-7,12-13,16H,8-11H2,1-3H3. The van der Waals surface area contributed by atoms with Gasteiger partial charge in [0, 0.05) is 19.3 Å². The first kappa shape index (κ1) is 13.2. The van der Waals surface area contributed by atoms with E-state index in [0.717, 1.165) is 24.8 Å². The Hall–Kier alpha value is -1.22. The zero-order valence-corrected chi connectivity index (χ0v) is 11.6. The maximum atomic E-state index is 5.65. The molecule has 0 spiro atoms. The first-order chi connectivity index (χ1) is 8.65. The van der Waals surface area contributed by atoms with Crippen LogP contribution in [0.5, 0.6) is 5.75 Å². The minimum atomic E-state index is 0.234. The summed E-state index contributed by atoms with van der Waals surface area (Å²) in [6.07, 6.45) is 1.52. The molecular weight excluding hydrogens is 224 g/mol. The Bertz CT molecular complexity index is 355. The van der Waals surface area contributed by atoms with Crippen molar-refractivity contribution in [1.82, 2.24) is 5.32 Å². The fraction of sp³-hybridized carbons (Fsp3) is 0.600. The minimum Gasteiger partial charge on any atom is -0.491 e. The molecular formula is C15H24N2O. The highest BCUT2D eigenvalue weighted by Crippen LogP contribution is 2.21. The van der Waals surface area contributed by atoms with Crippen molar-refractivity contribution in [1.29, 1.82) is 0 Å². The summed E-state index contributed by atoms with van der Waals surface area (Å²) < 4.78 is 5.65. The van der Waals surface area contributed by atoms with Gasteiger partial charge in [-0.1, -0.05) is 0 Å². The van der Waals surface area contributed by atoms with E-state index in [1.807, 2.05) is 13.8 Å². The topological polar surface area (TPSA) is 24.5 Å². The minimum absolute atomic E-state index is 0.234. The number of rotatable bonds is 5. The Kier molecular flexibility index (Phi) is 4.48. The molecule has 1 aromatic rings. The molecule has 2 rings (SSSR count). The van der Waals surface area contributed by atoms with Crippen LogP contribution in [0, 0.1) is 5.92 Å². The predicted octanol–water partition coefficient (Wildman–Crippen LogP) is 2.52. The third-order valence-electron chi connectivity index (χ3n) is 3.34. The van der Waals surface area contributed by atoms with E-state index < -0.39 is 0 Å². The average molecular weight is 248 g/mol. The lowest BCUT2D eigenvalue weighted by Gasteiger charge is -2.23. The van der Waals surface area contributed by atoms with Gasteiger partial charge in [0.2, 0.25) is 0 Å². The monoisotopic (exact) mass is 248 g/mol. The van der Waals surface area contributed by atoms with Crippen LogP contribution in [0.2, 0.25) is 0 Å². The highest BCUT2D eigenvalue weighted by atomic mass is 16.5. The van der Waals surface area contributed by atoms with Crippen molar-refractivity contribution < 1.29 is 4.74 Å². The van der Waals surface area contributed by atoms with Crippen molar-refractivity contribution in [2.75, 3.05) is 31.6 Å². The van der Waals surface area contributed by atoms with Crippen molar-refractivity contribution in [2.45, 2.75) is 26.4 Å². The number of ether oxygens (including phenoxy) is 1. The van der Waals surface area contributed by atoms with Crippen molar-refractivity contribution >= 4 is 5.69 Å². The molecule has 1 aromatic carbocycles. The van der Waals surface area contributed by atoms with Gasteiger partial charge in [0.15, 0.2) is 0 Å². The molecule has 18 heavy (non-hydrogen) atoms. The summed E-state index contributed by atoms with van der Waals surface area (Å²) >= 11 is 0. The Morgan fingerprint density at radius 3 is 2.61 bits per heavy atom. The largest absolute Gasteiger partial charge is 0.491 e. The quantitative estimate of drug-likeness (QED) is 0.866. The zero-order valence-electron chi connectivity index (χ0n) is 11.6. The third-order valence-corrected chi connectivity index (χ3v) is 3.34. The highest BCUT2D eigenvalue weighted by Gasteiger charge is 2.16. The molecule has 100 valence electrons. The summed E-state index contributed by atoms with van der Waals surface area (Å²) in [5.74, 6) is 1.73. The lowest BCUT2D eigenvalue weighted by molar-refractivity contribution is 0.242. The first-order valence-corrected chi connectivity index (χ1v) is 6.83. The molecule has 0 saturated carbocycles. The molecule has 1 unspecified atom stereocenters. The number of nitrogens with zero attached hydrogens (tertiary/aromatic N) is 1. The van der Waals surface area contributed by atoms with Crippen LogP contribution in [0.1, 0.15) is 20.3 Å². The van der Waals surface area contributed by atoms with Crippen LogP contribution in [-0.2, 0) is 0 Å². The summed E-state index contributed by atoms with van der Waals surface area (Å²) in [6, 6.07) is 8.39. The van der Waals surface area contributed by atoms with Crippen molar-refractivity contribution in [3.05, 3.63) is 24.3 Å².